The zero-order valence-electron chi connectivity index (χ0n) is 13.0. The minimum atomic E-state index is -4.64. The molecule has 1 rings (SSSR count). The van der Waals surface area contributed by atoms with Gasteiger partial charge in [0.1, 0.15) is 0 Å². The van der Waals surface area contributed by atoms with Crippen molar-refractivity contribution >= 4 is 12.2 Å². The molecule has 1 aromatic carbocycles. The van der Waals surface area contributed by atoms with Crippen LogP contribution in [0.15, 0.2) is 24.3 Å². The van der Waals surface area contributed by atoms with Crippen LogP contribution in [0.4, 0.5) is 35.9 Å². The molecule has 2 N–H and O–H groups in total. The van der Waals surface area contributed by atoms with Crippen LogP contribution in [0.2, 0.25) is 0 Å². The fourth-order valence-corrected chi connectivity index (χ4v) is 1.59. The molecule has 12 heteroatoms. The standard InChI is InChI=1S/C14H14F6N2O4/c15-13(16,17)7-25-11(23)21-5-9-2-1-3-10(4-9)6-22-12(24)26-8-14(18,19)20/h1-4H,5-8H2,(H,21,23)(H,22,24). The molecule has 0 heterocycles. The topological polar surface area (TPSA) is 76.7 Å². The lowest BCUT2D eigenvalue weighted by atomic mass is 10.1. The molecule has 1 aromatic rings. The van der Waals surface area contributed by atoms with Crippen molar-refractivity contribution in [3.05, 3.63) is 35.4 Å². The minimum Gasteiger partial charge on any atom is -0.440 e. The van der Waals surface area contributed by atoms with Gasteiger partial charge in [0, 0.05) is 13.1 Å². The third kappa shape index (κ3) is 10.3. The number of benzene rings is 1. The number of carbonyl (C=O) groups is 2. The van der Waals surface area contributed by atoms with Crippen LogP contribution in [0.5, 0.6) is 0 Å². The highest BCUT2D eigenvalue weighted by Crippen LogP contribution is 2.15. The Morgan fingerprint density at radius 1 is 0.808 bits per heavy atom. The molecule has 0 spiro atoms. The van der Waals surface area contributed by atoms with Crippen molar-refractivity contribution in [1.29, 1.82) is 0 Å². The average Bonchev–Trinajstić information content (AvgIpc) is 2.53. The Hall–Kier alpha value is -2.66. The van der Waals surface area contributed by atoms with Crippen molar-refractivity contribution in [3.8, 4) is 0 Å². The summed E-state index contributed by atoms with van der Waals surface area (Å²) in [5, 5.41) is 4.20. The molecule has 0 aliphatic heterocycles. The highest BCUT2D eigenvalue weighted by atomic mass is 19.4. The normalized spacial score (nSPS) is 11.6. The van der Waals surface area contributed by atoms with E-state index >= 15 is 0 Å². The zero-order valence-corrected chi connectivity index (χ0v) is 13.0. The number of alkyl carbamates (subject to hydrolysis) is 2. The average molecular weight is 388 g/mol. The first-order valence-electron chi connectivity index (χ1n) is 6.97. The van der Waals surface area contributed by atoms with E-state index in [1.54, 1.807) is 0 Å². The fraction of sp³-hybridized carbons (Fsp3) is 0.429. The molecule has 146 valence electrons. The largest absolute Gasteiger partial charge is 0.440 e. The molecule has 0 bridgehead atoms. The van der Waals surface area contributed by atoms with Crippen molar-refractivity contribution in [3.63, 3.8) is 0 Å². The van der Waals surface area contributed by atoms with Gasteiger partial charge >= 0.3 is 24.5 Å². The molecule has 0 saturated carbocycles. The van der Waals surface area contributed by atoms with Crippen LogP contribution in [0.1, 0.15) is 11.1 Å². The van der Waals surface area contributed by atoms with Gasteiger partial charge in [-0.25, -0.2) is 9.59 Å². The summed E-state index contributed by atoms with van der Waals surface area (Å²) in [6.07, 6.45) is -11.8. The Labute approximate surface area is 143 Å². The van der Waals surface area contributed by atoms with E-state index in [9.17, 15) is 35.9 Å². The predicted molar refractivity (Wildman–Crippen MR) is 74.9 cm³/mol. The van der Waals surface area contributed by atoms with E-state index in [-0.39, 0.29) is 13.1 Å². The van der Waals surface area contributed by atoms with E-state index in [0.29, 0.717) is 11.1 Å². The van der Waals surface area contributed by atoms with Gasteiger partial charge in [0.15, 0.2) is 13.2 Å². The molecule has 0 aliphatic rings. The molecule has 6 nitrogen and oxygen atoms in total. The predicted octanol–water partition coefficient (Wildman–Crippen LogP) is 3.26. The Morgan fingerprint density at radius 2 is 1.19 bits per heavy atom. The Balaban J connectivity index is 2.40. The molecular formula is C14H14F6N2O4. The van der Waals surface area contributed by atoms with E-state index < -0.39 is 37.8 Å². The molecule has 0 radical (unpaired) electrons. The maximum absolute atomic E-state index is 11.9. The van der Waals surface area contributed by atoms with Gasteiger partial charge in [-0.15, -0.1) is 0 Å². The first-order chi connectivity index (χ1) is 11.9. The Bertz CT molecular complexity index is 569. The first-order valence-corrected chi connectivity index (χ1v) is 6.97. The summed E-state index contributed by atoms with van der Waals surface area (Å²) in [6, 6.07) is 6.08. The van der Waals surface area contributed by atoms with Gasteiger partial charge in [0.2, 0.25) is 0 Å². The third-order valence-corrected chi connectivity index (χ3v) is 2.60. The minimum absolute atomic E-state index is 0.150. The van der Waals surface area contributed by atoms with Gasteiger partial charge in [-0.2, -0.15) is 26.3 Å². The SMILES string of the molecule is O=C(NCc1cccc(CNC(=O)OCC(F)(F)F)c1)OCC(F)(F)F. The third-order valence-electron chi connectivity index (χ3n) is 2.60. The van der Waals surface area contributed by atoms with Gasteiger partial charge in [0.05, 0.1) is 0 Å². The van der Waals surface area contributed by atoms with Crippen molar-refractivity contribution in [2.75, 3.05) is 13.2 Å². The molecule has 2 amide bonds. The van der Waals surface area contributed by atoms with Gasteiger partial charge in [-0.05, 0) is 11.1 Å². The van der Waals surface area contributed by atoms with Crippen molar-refractivity contribution < 1.29 is 45.4 Å². The molecule has 0 aliphatic carbocycles. The molecule has 26 heavy (non-hydrogen) atoms. The lowest BCUT2D eigenvalue weighted by Gasteiger charge is -2.11. The van der Waals surface area contributed by atoms with E-state index in [1.165, 1.54) is 24.3 Å². The van der Waals surface area contributed by atoms with Crippen LogP contribution < -0.4 is 10.6 Å². The van der Waals surface area contributed by atoms with Crippen molar-refractivity contribution in [2.24, 2.45) is 0 Å². The number of hydrogen-bond acceptors (Lipinski definition) is 4. The number of hydrogen-bond donors (Lipinski definition) is 2. The van der Waals surface area contributed by atoms with Crippen LogP contribution >= 0.6 is 0 Å². The monoisotopic (exact) mass is 388 g/mol. The molecule has 0 saturated heterocycles. The van der Waals surface area contributed by atoms with Crippen molar-refractivity contribution in [1.82, 2.24) is 10.6 Å². The summed E-state index contributed by atoms with van der Waals surface area (Å²) >= 11 is 0. The molecule has 0 atom stereocenters. The number of rotatable bonds is 6. The maximum atomic E-state index is 11.9. The Morgan fingerprint density at radius 3 is 1.54 bits per heavy atom. The van der Waals surface area contributed by atoms with Crippen molar-refractivity contribution in [2.45, 2.75) is 25.4 Å². The van der Waals surface area contributed by atoms with E-state index in [1.807, 2.05) is 0 Å². The Kier molecular flexibility index (Phi) is 7.53. The number of amides is 2. The number of carbonyl (C=O) groups excluding carboxylic acids is 2. The quantitative estimate of drug-likeness (QED) is 0.734. The first kappa shape index (κ1) is 21.4. The summed E-state index contributed by atoms with van der Waals surface area (Å²) in [7, 11) is 0. The number of nitrogens with one attached hydrogen (secondary N) is 2. The van der Waals surface area contributed by atoms with Crippen LogP contribution in [-0.4, -0.2) is 37.8 Å². The molecule has 0 unspecified atom stereocenters. The highest BCUT2D eigenvalue weighted by Gasteiger charge is 2.30. The van der Waals surface area contributed by atoms with E-state index in [4.69, 9.17) is 0 Å². The van der Waals surface area contributed by atoms with Gasteiger partial charge in [0.25, 0.3) is 0 Å². The number of alkyl halides is 6. The highest BCUT2D eigenvalue weighted by molar-refractivity contribution is 5.67. The maximum Gasteiger partial charge on any atom is 0.422 e. The van der Waals surface area contributed by atoms with Crippen LogP contribution in [0.3, 0.4) is 0 Å². The lowest BCUT2D eigenvalue weighted by molar-refractivity contribution is -0.160. The second kappa shape index (κ2) is 9.15. The number of halogens is 6. The summed E-state index contributed by atoms with van der Waals surface area (Å²) in [6.45, 7) is -3.74. The van der Waals surface area contributed by atoms with E-state index in [2.05, 4.69) is 20.1 Å². The zero-order chi connectivity index (χ0) is 19.8. The molecule has 0 aromatic heterocycles. The molecular weight excluding hydrogens is 374 g/mol. The van der Waals surface area contributed by atoms with Crippen LogP contribution in [0.25, 0.3) is 0 Å². The molecule has 0 fully saturated rings. The second-order valence-corrected chi connectivity index (χ2v) is 4.91. The fourth-order valence-electron chi connectivity index (χ4n) is 1.59. The van der Waals surface area contributed by atoms with Crippen LogP contribution in [0, 0.1) is 0 Å². The van der Waals surface area contributed by atoms with E-state index in [0.717, 1.165) is 0 Å². The van der Waals surface area contributed by atoms with Gasteiger partial charge < -0.3 is 20.1 Å². The number of ether oxygens (including phenoxy) is 2. The summed E-state index contributed by atoms with van der Waals surface area (Å²) in [5.74, 6) is 0. The van der Waals surface area contributed by atoms with Gasteiger partial charge in [-0.1, -0.05) is 24.3 Å². The smallest absolute Gasteiger partial charge is 0.422 e. The second-order valence-electron chi connectivity index (χ2n) is 4.91. The summed E-state index contributed by atoms with van der Waals surface area (Å²) in [5.41, 5.74) is 0.939. The van der Waals surface area contributed by atoms with Gasteiger partial charge in [-0.3, -0.25) is 0 Å². The van der Waals surface area contributed by atoms with Crippen LogP contribution in [-0.2, 0) is 22.6 Å². The summed E-state index contributed by atoms with van der Waals surface area (Å²) < 4.78 is 79.2. The lowest BCUT2D eigenvalue weighted by Crippen LogP contribution is -2.29. The summed E-state index contributed by atoms with van der Waals surface area (Å²) in [4.78, 5) is 22.2.